The molecule has 4 rings (SSSR count). The Bertz CT molecular complexity index is 826. The third-order valence-electron chi connectivity index (χ3n) is 4.85. The third-order valence-corrected chi connectivity index (χ3v) is 4.85. The largest absolute Gasteiger partial charge is 0.451 e. The molecule has 2 saturated heterocycles. The number of benzene rings is 1. The molecule has 3 heterocycles. The molecule has 2 aliphatic heterocycles. The molecule has 2 fully saturated rings. The second-order valence-electron chi connectivity index (χ2n) is 6.64. The number of nitrogens with zero attached hydrogens (tertiary/aromatic N) is 3. The normalized spacial score (nSPS) is 23.5. The zero-order valence-electron chi connectivity index (χ0n) is 14.1. The summed E-state index contributed by atoms with van der Waals surface area (Å²) in [4.78, 5) is 32.0. The molecule has 1 aromatic carbocycles. The predicted molar refractivity (Wildman–Crippen MR) is 89.1 cm³/mol. The number of aromatic nitrogens is 1. The van der Waals surface area contributed by atoms with Crippen molar-refractivity contribution in [1.82, 2.24) is 9.88 Å². The van der Waals surface area contributed by atoms with E-state index in [0.717, 1.165) is 6.42 Å². The zero-order chi connectivity index (χ0) is 18.1. The van der Waals surface area contributed by atoms with Gasteiger partial charge in [0.1, 0.15) is 24.3 Å². The molecule has 0 radical (unpaired) electrons. The zero-order valence-corrected chi connectivity index (χ0v) is 14.1. The number of hydrogen-bond acceptors (Lipinski definition) is 5. The highest BCUT2D eigenvalue weighted by Gasteiger charge is 2.44. The van der Waals surface area contributed by atoms with Crippen molar-refractivity contribution >= 4 is 17.5 Å². The average Bonchev–Trinajstić information content (AvgIpc) is 3.18. The van der Waals surface area contributed by atoms with Crippen LogP contribution in [0, 0.1) is 5.82 Å². The molecule has 136 valence electrons. The fraction of sp³-hybridized carbons (Fsp3) is 0.389. The van der Waals surface area contributed by atoms with Crippen molar-refractivity contribution in [2.75, 3.05) is 31.1 Å². The second-order valence-corrected chi connectivity index (χ2v) is 6.64. The van der Waals surface area contributed by atoms with E-state index in [9.17, 15) is 14.0 Å². The molecule has 1 aromatic heterocycles. The maximum Gasteiger partial charge on any atom is 0.275 e. The molecule has 7 nitrogen and oxygen atoms in total. The predicted octanol–water partition coefficient (Wildman–Crippen LogP) is 1.85. The van der Waals surface area contributed by atoms with Crippen LogP contribution >= 0.6 is 0 Å². The van der Waals surface area contributed by atoms with Crippen molar-refractivity contribution in [1.29, 1.82) is 0 Å². The molecule has 1 spiro atoms. The Morgan fingerprint density at radius 1 is 1.31 bits per heavy atom. The van der Waals surface area contributed by atoms with Gasteiger partial charge in [-0.05, 0) is 31.0 Å². The number of anilines is 1. The van der Waals surface area contributed by atoms with E-state index in [4.69, 9.17) is 9.15 Å². The van der Waals surface area contributed by atoms with Crippen LogP contribution in [0.5, 0.6) is 0 Å². The minimum Gasteiger partial charge on any atom is -0.451 e. The first-order chi connectivity index (χ1) is 12.6. The smallest absolute Gasteiger partial charge is 0.275 e. The number of likely N-dealkylation sites (tertiary alicyclic amines) is 1. The molecule has 0 saturated carbocycles. The van der Waals surface area contributed by atoms with Crippen molar-refractivity contribution in [3.63, 3.8) is 0 Å². The van der Waals surface area contributed by atoms with E-state index in [-0.39, 0.29) is 30.7 Å². The summed E-state index contributed by atoms with van der Waals surface area (Å²) in [7, 11) is 0. The number of carbonyl (C=O) groups is 2. The summed E-state index contributed by atoms with van der Waals surface area (Å²) in [6.07, 6.45) is 3.99. The Morgan fingerprint density at radius 2 is 2.19 bits per heavy atom. The van der Waals surface area contributed by atoms with Gasteiger partial charge in [0.05, 0.1) is 13.1 Å². The van der Waals surface area contributed by atoms with Gasteiger partial charge in [0, 0.05) is 12.2 Å². The van der Waals surface area contributed by atoms with Gasteiger partial charge in [0.2, 0.25) is 0 Å². The van der Waals surface area contributed by atoms with E-state index in [0.29, 0.717) is 25.2 Å². The van der Waals surface area contributed by atoms with Crippen LogP contribution in [-0.4, -0.2) is 53.5 Å². The number of carbonyl (C=O) groups excluding carboxylic acids is 2. The SMILES string of the molecule is O=C(c1cocn1)N1CCCC2(C1)CN(c1cccc(F)c1)C(=O)CO2. The van der Waals surface area contributed by atoms with Crippen LogP contribution in [0.4, 0.5) is 10.1 Å². The number of morpholine rings is 1. The van der Waals surface area contributed by atoms with Crippen LogP contribution in [0.2, 0.25) is 0 Å². The highest BCUT2D eigenvalue weighted by molar-refractivity contribution is 5.95. The van der Waals surface area contributed by atoms with E-state index >= 15 is 0 Å². The van der Waals surface area contributed by atoms with Gasteiger partial charge in [-0.3, -0.25) is 9.59 Å². The van der Waals surface area contributed by atoms with Crippen molar-refractivity contribution in [2.45, 2.75) is 18.4 Å². The van der Waals surface area contributed by atoms with Gasteiger partial charge < -0.3 is 19.0 Å². The van der Waals surface area contributed by atoms with E-state index in [1.54, 1.807) is 17.0 Å². The van der Waals surface area contributed by atoms with Gasteiger partial charge >= 0.3 is 0 Å². The molecule has 0 bridgehead atoms. The van der Waals surface area contributed by atoms with Gasteiger partial charge in [0.25, 0.3) is 11.8 Å². The Morgan fingerprint density at radius 3 is 2.96 bits per heavy atom. The number of ether oxygens (including phenoxy) is 1. The summed E-state index contributed by atoms with van der Waals surface area (Å²) in [6.45, 7) is 1.11. The van der Waals surface area contributed by atoms with Crippen LogP contribution in [0.1, 0.15) is 23.3 Å². The number of oxazole rings is 1. The van der Waals surface area contributed by atoms with E-state index in [2.05, 4.69) is 4.98 Å². The van der Waals surface area contributed by atoms with Gasteiger partial charge in [-0.1, -0.05) is 6.07 Å². The van der Waals surface area contributed by atoms with Crippen LogP contribution in [0.25, 0.3) is 0 Å². The Hall–Kier alpha value is -2.74. The molecule has 1 atom stereocenters. The topological polar surface area (TPSA) is 75.9 Å². The van der Waals surface area contributed by atoms with Crippen molar-refractivity contribution < 1.29 is 23.1 Å². The molecule has 26 heavy (non-hydrogen) atoms. The molecule has 0 N–H and O–H groups in total. The van der Waals surface area contributed by atoms with Gasteiger partial charge in [0.15, 0.2) is 12.1 Å². The van der Waals surface area contributed by atoms with Gasteiger partial charge in [-0.15, -0.1) is 0 Å². The Balaban J connectivity index is 1.55. The molecule has 8 heteroatoms. The first kappa shape index (κ1) is 16.7. The highest BCUT2D eigenvalue weighted by atomic mass is 19.1. The number of hydrogen-bond donors (Lipinski definition) is 0. The Kier molecular flexibility index (Phi) is 4.20. The summed E-state index contributed by atoms with van der Waals surface area (Å²) in [6, 6.07) is 5.93. The number of halogens is 1. The van der Waals surface area contributed by atoms with Gasteiger partial charge in [-0.25, -0.2) is 9.37 Å². The lowest BCUT2D eigenvalue weighted by molar-refractivity contribution is -0.144. The average molecular weight is 359 g/mol. The number of piperidine rings is 1. The van der Waals surface area contributed by atoms with Crippen molar-refractivity contribution in [3.8, 4) is 0 Å². The fourth-order valence-electron chi connectivity index (χ4n) is 3.59. The molecule has 2 aromatic rings. The standard InChI is InChI=1S/C18H18FN3O4/c19-13-3-1-4-14(7-13)22-11-18(26-9-16(22)23)5-2-6-21(10-18)17(24)15-8-25-12-20-15/h1,3-4,7-8,12H,2,5-6,9-11H2. The lowest BCUT2D eigenvalue weighted by Crippen LogP contribution is -2.62. The fourth-order valence-corrected chi connectivity index (χ4v) is 3.59. The van der Waals surface area contributed by atoms with Crippen LogP contribution in [-0.2, 0) is 9.53 Å². The molecular weight excluding hydrogens is 341 g/mol. The third kappa shape index (κ3) is 3.08. The molecule has 2 amide bonds. The summed E-state index contributed by atoms with van der Waals surface area (Å²) < 4.78 is 24.3. The summed E-state index contributed by atoms with van der Waals surface area (Å²) in [5.41, 5.74) is 0.0753. The van der Waals surface area contributed by atoms with E-state index < -0.39 is 11.4 Å². The first-order valence-corrected chi connectivity index (χ1v) is 8.44. The summed E-state index contributed by atoms with van der Waals surface area (Å²) in [5, 5.41) is 0. The lowest BCUT2D eigenvalue weighted by Gasteiger charge is -2.47. The molecular formula is C18H18FN3O4. The molecule has 1 unspecified atom stereocenters. The lowest BCUT2D eigenvalue weighted by atomic mass is 9.90. The van der Waals surface area contributed by atoms with Crippen LogP contribution in [0.3, 0.4) is 0 Å². The molecule has 2 aliphatic rings. The summed E-state index contributed by atoms with van der Waals surface area (Å²) in [5.74, 6) is -0.848. The first-order valence-electron chi connectivity index (χ1n) is 8.44. The number of rotatable bonds is 2. The molecule has 0 aliphatic carbocycles. The van der Waals surface area contributed by atoms with Crippen LogP contribution in [0.15, 0.2) is 41.3 Å². The highest BCUT2D eigenvalue weighted by Crippen LogP contribution is 2.32. The maximum atomic E-state index is 13.6. The van der Waals surface area contributed by atoms with Crippen LogP contribution < -0.4 is 4.90 Å². The summed E-state index contributed by atoms with van der Waals surface area (Å²) >= 11 is 0. The monoisotopic (exact) mass is 359 g/mol. The number of amides is 2. The Labute approximate surface area is 149 Å². The van der Waals surface area contributed by atoms with Crippen molar-refractivity contribution in [2.24, 2.45) is 0 Å². The second kappa shape index (κ2) is 6.53. The quantitative estimate of drug-likeness (QED) is 0.818. The minimum atomic E-state index is -0.669. The van der Waals surface area contributed by atoms with Crippen molar-refractivity contribution in [3.05, 3.63) is 48.4 Å². The van der Waals surface area contributed by atoms with Gasteiger partial charge in [-0.2, -0.15) is 0 Å². The van der Waals surface area contributed by atoms with E-state index in [1.807, 2.05) is 0 Å². The minimum absolute atomic E-state index is 0.0947. The van der Waals surface area contributed by atoms with E-state index in [1.165, 1.54) is 29.7 Å². The maximum absolute atomic E-state index is 13.6.